The maximum atomic E-state index is 13.4. The third-order valence-corrected chi connectivity index (χ3v) is 4.92. The second kappa shape index (κ2) is 7.80. The summed E-state index contributed by atoms with van der Waals surface area (Å²) in [6.07, 6.45) is 5.40. The zero-order valence-electron chi connectivity index (χ0n) is 14.9. The van der Waals surface area contributed by atoms with Gasteiger partial charge in [0, 0.05) is 43.0 Å². The van der Waals surface area contributed by atoms with Crippen LogP contribution in [0.1, 0.15) is 30.0 Å². The molecule has 138 valence electrons. The predicted molar refractivity (Wildman–Crippen MR) is 102 cm³/mol. The van der Waals surface area contributed by atoms with Crippen LogP contribution in [0.2, 0.25) is 0 Å². The number of aromatic amines is 1. The second-order valence-corrected chi connectivity index (χ2v) is 6.96. The fourth-order valence-corrected chi connectivity index (χ4v) is 3.66. The highest BCUT2D eigenvalue weighted by molar-refractivity contribution is 5.52. The Bertz CT molecular complexity index is 973. The zero-order valence-corrected chi connectivity index (χ0v) is 14.9. The van der Waals surface area contributed by atoms with E-state index in [0.717, 1.165) is 42.8 Å². The highest BCUT2D eigenvalue weighted by Crippen LogP contribution is 2.27. The van der Waals surface area contributed by atoms with Crippen LogP contribution in [0.5, 0.6) is 0 Å². The van der Waals surface area contributed by atoms with Gasteiger partial charge in [-0.2, -0.15) is 0 Å². The molecule has 1 aromatic carbocycles. The van der Waals surface area contributed by atoms with Gasteiger partial charge in [-0.1, -0.05) is 12.1 Å². The highest BCUT2D eigenvalue weighted by Gasteiger charge is 2.23. The fourth-order valence-electron chi connectivity index (χ4n) is 3.66. The number of aromatic nitrogens is 3. The van der Waals surface area contributed by atoms with Gasteiger partial charge >= 0.3 is 0 Å². The molecule has 0 spiro atoms. The molecule has 1 aliphatic rings. The largest absolute Gasteiger partial charge is 0.306 e. The van der Waals surface area contributed by atoms with Crippen molar-refractivity contribution in [1.82, 2.24) is 19.9 Å². The summed E-state index contributed by atoms with van der Waals surface area (Å²) >= 11 is 0. The standard InChI is InChI=1S/C21H21FN4O/c22-18-7-1-4-15(10-18)13-26-9-3-6-17(14-26)19-11-20(27)25-21(24-19)16-5-2-8-23-12-16/h1-2,4-5,7-8,10-12,17H,3,6,9,13-14H2,(H,24,25,27)/t17-/m1/s1. The van der Waals surface area contributed by atoms with E-state index in [9.17, 15) is 9.18 Å². The number of hydrogen-bond acceptors (Lipinski definition) is 4. The molecule has 1 aliphatic heterocycles. The Morgan fingerprint density at radius 2 is 2.15 bits per heavy atom. The molecule has 6 heteroatoms. The van der Waals surface area contributed by atoms with E-state index in [2.05, 4.69) is 14.9 Å². The van der Waals surface area contributed by atoms with E-state index >= 15 is 0 Å². The minimum absolute atomic E-state index is 0.152. The lowest BCUT2D eigenvalue weighted by Crippen LogP contribution is -2.34. The molecule has 0 bridgehead atoms. The monoisotopic (exact) mass is 364 g/mol. The van der Waals surface area contributed by atoms with Gasteiger partial charge in [0.2, 0.25) is 0 Å². The zero-order chi connectivity index (χ0) is 18.6. The topological polar surface area (TPSA) is 61.9 Å². The van der Waals surface area contributed by atoms with Crippen LogP contribution in [0, 0.1) is 5.82 Å². The van der Waals surface area contributed by atoms with Crippen molar-refractivity contribution in [3.8, 4) is 11.4 Å². The summed E-state index contributed by atoms with van der Waals surface area (Å²) in [6, 6.07) is 12.0. The van der Waals surface area contributed by atoms with Crippen molar-refractivity contribution in [2.75, 3.05) is 13.1 Å². The fraction of sp³-hybridized carbons (Fsp3) is 0.286. The number of hydrogen-bond donors (Lipinski definition) is 1. The number of nitrogens with zero attached hydrogens (tertiary/aromatic N) is 3. The van der Waals surface area contributed by atoms with Crippen LogP contribution in [0.3, 0.4) is 0 Å². The number of piperidine rings is 1. The van der Waals surface area contributed by atoms with Gasteiger partial charge in [-0.25, -0.2) is 9.37 Å². The Morgan fingerprint density at radius 1 is 1.22 bits per heavy atom. The summed E-state index contributed by atoms with van der Waals surface area (Å²) in [6.45, 7) is 2.47. The first kappa shape index (κ1) is 17.5. The van der Waals surface area contributed by atoms with Gasteiger partial charge in [0.1, 0.15) is 11.6 Å². The van der Waals surface area contributed by atoms with Crippen molar-refractivity contribution in [2.24, 2.45) is 0 Å². The summed E-state index contributed by atoms with van der Waals surface area (Å²) in [7, 11) is 0. The summed E-state index contributed by atoms with van der Waals surface area (Å²) < 4.78 is 13.4. The average molecular weight is 364 g/mol. The SMILES string of the molecule is O=c1cc([C@@H]2CCCN(Cc3cccc(F)c3)C2)nc(-c2cccnc2)[nH]1. The Balaban J connectivity index is 1.54. The van der Waals surface area contributed by atoms with E-state index in [4.69, 9.17) is 4.98 Å². The Kier molecular flexibility index (Phi) is 5.07. The van der Waals surface area contributed by atoms with Gasteiger partial charge in [-0.15, -0.1) is 0 Å². The Hall–Kier alpha value is -2.86. The maximum Gasteiger partial charge on any atom is 0.251 e. The minimum atomic E-state index is -0.210. The first-order chi connectivity index (χ1) is 13.2. The van der Waals surface area contributed by atoms with Gasteiger partial charge < -0.3 is 4.98 Å². The van der Waals surface area contributed by atoms with Crippen LogP contribution < -0.4 is 5.56 Å². The van der Waals surface area contributed by atoms with E-state index < -0.39 is 0 Å². The van der Waals surface area contributed by atoms with Crippen molar-refractivity contribution >= 4 is 0 Å². The van der Waals surface area contributed by atoms with E-state index in [-0.39, 0.29) is 17.3 Å². The predicted octanol–water partition coefficient (Wildman–Crippen LogP) is 3.35. The molecule has 2 aromatic heterocycles. The molecular weight excluding hydrogens is 343 g/mol. The molecular formula is C21H21FN4O. The first-order valence-electron chi connectivity index (χ1n) is 9.16. The quantitative estimate of drug-likeness (QED) is 0.771. The molecule has 4 rings (SSSR count). The molecule has 0 unspecified atom stereocenters. The molecule has 1 saturated heterocycles. The van der Waals surface area contributed by atoms with Crippen molar-refractivity contribution < 1.29 is 4.39 Å². The number of rotatable bonds is 4. The van der Waals surface area contributed by atoms with Crippen LogP contribution in [0.4, 0.5) is 4.39 Å². The summed E-state index contributed by atoms with van der Waals surface area (Å²) in [5.41, 5.74) is 2.41. The van der Waals surface area contributed by atoms with Crippen LogP contribution in [-0.4, -0.2) is 32.9 Å². The lowest BCUT2D eigenvalue weighted by Gasteiger charge is -2.32. The van der Waals surface area contributed by atoms with E-state index in [0.29, 0.717) is 12.4 Å². The summed E-state index contributed by atoms with van der Waals surface area (Å²) in [5.74, 6) is 0.524. The highest BCUT2D eigenvalue weighted by atomic mass is 19.1. The molecule has 0 radical (unpaired) electrons. The molecule has 5 nitrogen and oxygen atoms in total. The summed E-state index contributed by atoms with van der Waals surface area (Å²) in [4.78, 5) is 26.1. The van der Waals surface area contributed by atoms with Crippen molar-refractivity contribution in [1.29, 1.82) is 0 Å². The van der Waals surface area contributed by atoms with Crippen molar-refractivity contribution in [2.45, 2.75) is 25.3 Å². The molecule has 0 saturated carbocycles. The van der Waals surface area contributed by atoms with Gasteiger partial charge in [0.25, 0.3) is 5.56 Å². The van der Waals surface area contributed by atoms with E-state index in [1.54, 1.807) is 30.6 Å². The molecule has 1 N–H and O–H groups in total. The van der Waals surface area contributed by atoms with E-state index in [1.165, 1.54) is 6.07 Å². The van der Waals surface area contributed by atoms with Crippen LogP contribution in [0.15, 0.2) is 59.7 Å². The molecule has 1 atom stereocenters. The van der Waals surface area contributed by atoms with Crippen molar-refractivity contribution in [3.05, 3.63) is 82.3 Å². The average Bonchev–Trinajstić information content (AvgIpc) is 2.68. The smallest absolute Gasteiger partial charge is 0.251 e. The molecule has 3 heterocycles. The number of benzene rings is 1. The van der Waals surface area contributed by atoms with Gasteiger partial charge in [-0.3, -0.25) is 14.7 Å². The normalized spacial score (nSPS) is 17.7. The number of halogens is 1. The molecule has 0 amide bonds. The van der Waals surface area contributed by atoms with E-state index in [1.807, 2.05) is 18.2 Å². The lowest BCUT2D eigenvalue weighted by atomic mass is 9.94. The second-order valence-electron chi connectivity index (χ2n) is 6.96. The molecule has 0 aliphatic carbocycles. The first-order valence-corrected chi connectivity index (χ1v) is 9.16. The maximum absolute atomic E-state index is 13.4. The summed E-state index contributed by atoms with van der Waals surface area (Å²) in [5, 5.41) is 0. The van der Waals surface area contributed by atoms with Gasteiger partial charge in [0.05, 0.1) is 5.69 Å². The number of H-pyrrole nitrogens is 1. The minimum Gasteiger partial charge on any atom is -0.306 e. The number of nitrogens with one attached hydrogen (secondary N) is 1. The lowest BCUT2D eigenvalue weighted by molar-refractivity contribution is 0.198. The number of likely N-dealkylation sites (tertiary alicyclic amines) is 1. The Labute approximate surface area is 156 Å². The van der Waals surface area contributed by atoms with Crippen LogP contribution >= 0.6 is 0 Å². The van der Waals surface area contributed by atoms with Gasteiger partial charge in [0.15, 0.2) is 0 Å². The van der Waals surface area contributed by atoms with Gasteiger partial charge in [-0.05, 0) is 49.2 Å². The third-order valence-electron chi connectivity index (χ3n) is 4.92. The van der Waals surface area contributed by atoms with Crippen LogP contribution in [-0.2, 0) is 6.54 Å². The Morgan fingerprint density at radius 3 is 2.96 bits per heavy atom. The molecule has 3 aromatic rings. The molecule has 1 fully saturated rings. The van der Waals surface area contributed by atoms with Crippen molar-refractivity contribution in [3.63, 3.8) is 0 Å². The molecule has 27 heavy (non-hydrogen) atoms. The third kappa shape index (κ3) is 4.28. The number of pyridine rings is 1. The van der Waals surface area contributed by atoms with Crippen LogP contribution in [0.25, 0.3) is 11.4 Å².